The summed E-state index contributed by atoms with van der Waals surface area (Å²) in [5.41, 5.74) is 0. The minimum atomic E-state index is 0. The second kappa shape index (κ2) is 3.60. The monoisotopic (exact) mass is 182 g/mol. The quantitative estimate of drug-likeness (QED) is 0.406. The van der Waals surface area contributed by atoms with E-state index in [2.05, 4.69) is 16.8 Å². The van der Waals surface area contributed by atoms with Gasteiger partial charge in [-0.25, -0.2) is 0 Å². The third-order valence-corrected chi connectivity index (χ3v) is 2.86. The zero-order valence-electron chi connectivity index (χ0n) is 3.73. The van der Waals surface area contributed by atoms with Crippen LogP contribution in [-0.4, -0.2) is 0 Å². The third kappa shape index (κ3) is 2.43. The topological polar surface area (TPSA) is 0 Å². The van der Waals surface area contributed by atoms with Crippen LogP contribution in [0.25, 0.3) is 0 Å². The van der Waals surface area contributed by atoms with E-state index in [1.165, 1.54) is 22.5 Å². The van der Waals surface area contributed by atoms with E-state index in [4.69, 9.17) is 0 Å². The van der Waals surface area contributed by atoms with Gasteiger partial charge in [-0.3, -0.25) is 0 Å². The van der Waals surface area contributed by atoms with E-state index in [-0.39, 0.29) is 12.4 Å². The van der Waals surface area contributed by atoms with Crippen molar-refractivity contribution in [1.82, 2.24) is 0 Å². The van der Waals surface area contributed by atoms with Crippen LogP contribution in [0.15, 0.2) is 16.8 Å². The van der Waals surface area contributed by atoms with Crippen molar-refractivity contribution in [3.63, 3.8) is 0 Å². The summed E-state index contributed by atoms with van der Waals surface area (Å²) in [6.07, 6.45) is 0. The first-order valence-corrected chi connectivity index (χ1v) is 4.16. The first-order chi connectivity index (χ1) is 2.89. The van der Waals surface area contributed by atoms with Crippen LogP contribution in [-0.2, 0) is 18.3 Å². The summed E-state index contributed by atoms with van der Waals surface area (Å²) in [5.74, 6) is 0. The number of thiophene rings is 1. The molecule has 0 spiro atoms. The summed E-state index contributed by atoms with van der Waals surface area (Å²) in [5, 5.41) is 4.29. The van der Waals surface area contributed by atoms with E-state index in [9.17, 15) is 0 Å². The van der Waals surface area contributed by atoms with E-state index in [1.807, 2.05) is 0 Å². The first kappa shape index (κ1) is 7.61. The van der Waals surface area contributed by atoms with Gasteiger partial charge in [-0.2, -0.15) is 0 Å². The Labute approximate surface area is 63.0 Å². The van der Waals surface area contributed by atoms with Crippen LogP contribution in [0, 0.1) is 0 Å². The molecule has 0 amide bonds. The minimum absolute atomic E-state index is 0. The molecular formula is C4H3ClSZn. The Morgan fingerprint density at radius 1 is 1.57 bits per heavy atom. The van der Waals surface area contributed by atoms with Crippen LogP contribution < -0.4 is 16.6 Å². The van der Waals surface area contributed by atoms with Crippen LogP contribution >= 0.6 is 11.3 Å². The van der Waals surface area contributed by atoms with E-state index in [1.54, 1.807) is 11.3 Å². The number of hydrogen-bond donors (Lipinski definition) is 0. The summed E-state index contributed by atoms with van der Waals surface area (Å²) < 4.78 is 1.49. The fraction of sp³-hybridized carbons (Fsp3) is 0. The van der Waals surface area contributed by atoms with Crippen LogP contribution in [0.5, 0.6) is 0 Å². The molecule has 0 N–H and O–H groups in total. The number of rotatable bonds is 0. The molecule has 0 unspecified atom stereocenters. The SMILES string of the molecule is [Cl-].[Zn+][c]1ccsc1. The molecule has 3 heteroatoms. The van der Waals surface area contributed by atoms with E-state index < -0.39 is 0 Å². The molecule has 1 aromatic rings. The molecule has 0 radical (unpaired) electrons. The van der Waals surface area contributed by atoms with E-state index in [0.29, 0.717) is 0 Å². The van der Waals surface area contributed by atoms with E-state index >= 15 is 0 Å². The molecule has 0 aromatic carbocycles. The van der Waals surface area contributed by atoms with Crippen molar-refractivity contribution in [2.75, 3.05) is 0 Å². The van der Waals surface area contributed by atoms with Crippen molar-refractivity contribution in [2.24, 2.45) is 0 Å². The van der Waals surface area contributed by atoms with Gasteiger partial charge in [0.25, 0.3) is 0 Å². The van der Waals surface area contributed by atoms with Gasteiger partial charge in [-0.05, 0) is 0 Å². The molecule has 0 nitrogen and oxygen atoms in total. The van der Waals surface area contributed by atoms with Crippen LogP contribution in [0.2, 0.25) is 0 Å². The Morgan fingerprint density at radius 3 is 2.43 bits per heavy atom. The predicted octanol–water partition coefficient (Wildman–Crippen LogP) is -2.08. The molecule has 7 heavy (non-hydrogen) atoms. The Kier molecular flexibility index (Phi) is 3.91. The molecule has 1 heterocycles. The Hall–Kier alpha value is 0.613. The fourth-order valence-corrected chi connectivity index (χ4v) is 2.09. The average molecular weight is 184 g/mol. The van der Waals surface area contributed by atoms with Gasteiger partial charge in [-0.15, -0.1) is 0 Å². The summed E-state index contributed by atoms with van der Waals surface area (Å²) in [7, 11) is 0. The second-order valence-electron chi connectivity index (χ2n) is 1.13. The Bertz CT molecular complexity index is 115. The van der Waals surface area contributed by atoms with Crippen molar-refractivity contribution in [2.45, 2.75) is 0 Å². The van der Waals surface area contributed by atoms with Gasteiger partial charge < -0.3 is 12.4 Å². The molecule has 34 valence electrons. The van der Waals surface area contributed by atoms with Crippen molar-refractivity contribution in [3.8, 4) is 0 Å². The van der Waals surface area contributed by atoms with Gasteiger partial charge in [0.15, 0.2) is 0 Å². The molecule has 0 fully saturated rings. The summed E-state index contributed by atoms with van der Waals surface area (Å²) >= 11 is 3.07. The van der Waals surface area contributed by atoms with Gasteiger partial charge in [-0.1, -0.05) is 0 Å². The molecule has 1 rings (SSSR count). The van der Waals surface area contributed by atoms with Crippen molar-refractivity contribution < 1.29 is 30.7 Å². The van der Waals surface area contributed by atoms with Gasteiger partial charge in [0.1, 0.15) is 0 Å². The van der Waals surface area contributed by atoms with Gasteiger partial charge >= 0.3 is 50.6 Å². The molecule has 0 saturated carbocycles. The normalized spacial score (nSPS) is 7.71. The van der Waals surface area contributed by atoms with Crippen molar-refractivity contribution >= 4 is 15.5 Å². The van der Waals surface area contributed by atoms with Crippen molar-refractivity contribution in [3.05, 3.63) is 16.8 Å². The number of halogens is 1. The number of hydrogen-bond acceptors (Lipinski definition) is 1. The summed E-state index contributed by atoms with van der Waals surface area (Å²) in [6.45, 7) is 0. The molecule has 0 aliphatic carbocycles. The van der Waals surface area contributed by atoms with E-state index in [0.717, 1.165) is 0 Å². The summed E-state index contributed by atoms with van der Waals surface area (Å²) in [6, 6.07) is 2.16. The summed E-state index contributed by atoms with van der Waals surface area (Å²) in [4.78, 5) is 0. The predicted molar refractivity (Wildman–Crippen MR) is 24.0 cm³/mol. The third-order valence-electron chi connectivity index (χ3n) is 0.580. The molecule has 1 aromatic heterocycles. The average Bonchev–Trinajstić information content (AvgIpc) is 1.86. The second-order valence-corrected chi connectivity index (χ2v) is 3.62. The molecule has 0 atom stereocenters. The van der Waals surface area contributed by atoms with Gasteiger partial charge in [0, 0.05) is 0 Å². The zero-order valence-corrected chi connectivity index (χ0v) is 8.26. The molecule has 0 aliphatic heterocycles. The van der Waals surface area contributed by atoms with Crippen LogP contribution in [0.1, 0.15) is 0 Å². The molecular weight excluding hydrogens is 181 g/mol. The Balaban J connectivity index is 0.000000360. The zero-order chi connectivity index (χ0) is 4.41. The molecule has 0 saturated heterocycles. The van der Waals surface area contributed by atoms with Crippen LogP contribution in [0.3, 0.4) is 0 Å². The van der Waals surface area contributed by atoms with Gasteiger partial charge in [0.05, 0.1) is 0 Å². The maximum atomic E-state index is 2.18. The first-order valence-electron chi connectivity index (χ1n) is 1.74. The maximum absolute atomic E-state index is 2.18. The van der Waals surface area contributed by atoms with Crippen LogP contribution in [0.4, 0.5) is 0 Å². The molecule has 0 aliphatic rings. The fourth-order valence-electron chi connectivity index (χ4n) is 0.293. The molecule has 0 bridgehead atoms. The van der Waals surface area contributed by atoms with Gasteiger partial charge in [0.2, 0.25) is 0 Å². The van der Waals surface area contributed by atoms with Crippen molar-refractivity contribution in [1.29, 1.82) is 0 Å². The Morgan fingerprint density at radius 2 is 2.29 bits per heavy atom. The standard InChI is InChI=1S/C4H3S.ClH.Zn/c1-2-4-5-3-1;;/h1,3-4H;1H;/q;;+1/p-1.